The van der Waals surface area contributed by atoms with Crippen LogP contribution in [-0.2, 0) is 4.79 Å². The highest BCUT2D eigenvalue weighted by Gasteiger charge is 2.17. The topological polar surface area (TPSA) is 77.8 Å². The number of nitriles is 1. The Morgan fingerprint density at radius 1 is 1.29 bits per heavy atom. The third-order valence-electron chi connectivity index (χ3n) is 3.08. The van der Waals surface area contributed by atoms with Crippen LogP contribution in [0.1, 0.15) is 26.3 Å². The van der Waals surface area contributed by atoms with Gasteiger partial charge < -0.3 is 10.6 Å². The Balaban J connectivity index is 2.37. The van der Waals surface area contributed by atoms with Crippen LogP contribution in [0, 0.1) is 11.3 Å². The molecule has 0 radical (unpaired) electrons. The number of anilines is 1. The Morgan fingerprint density at radius 3 is 2.67 bits per heavy atom. The molecule has 1 heterocycles. The molecule has 0 saturated heterocycles. The minimum Gasteiger partial charge on any atom is -0.372 e. The zero-order valence-electron chi connectivity index (χ0n) is 12.3. The van der Waals surface area contributed by atoms with Gasteiger partial charge in [-0.3, -0.25) is 9.78 Å². The SMILES string of the molecule is CC(C)NC(=O)C(C)Nc1c(C#N)cnc2ccccc12. The van der Waals surface area contributed by atoms with Crippen LogP contribution in [-0.4, -0.2) is 23.0 Å². The number of hydrogen-bond donors (Lipinski definition) is 2. The number of carbonyl (C=O) groups excluding carboxylic acids is 1. The summed E-state index contributed by atoms with van der Waals surface area (Å²) in [5.74, 6) is -0.102. The van der Waals surface area contributed by atoms with Gasteiger partial charge in [-0.05, 0) is 26.8 Å². The first-order chi connectivity index (χ1) is 10.0. The summed E-state index contributed by atoms with van der Waals surface area (Å²) in [5, 5.41) is 16.1. The maximum atomic E-state index is 12.0. The van der Waals surface area contributed by atoms with Crippen LogP contribution in [0.15, 0.2) is 30.5 Å². The molecule has 0 fully saturated rings. The zero-order chi connectivity index (χ0) is 15.4. The molecular formula is C16H18N4O. The van der Waals surface area contributed by atoms with E-state index >= 15 is 0 Å². The normalized spacial score (nSPS) is 12.0. The minimum atomic E-state index is -0.440. The molecule has 0 aliphatic rings. The van der Waals surface area contributed by atoms with Gasteiger partial charge in [0.15, 0.2) is 0 Å². The smallest absolute Gasteiger partial charge is 0.242 e. The number of carbonyl (C=O) groups is 1. The Labute approximate surface area is 124 Å². The molecule has 0 spiro atoms. The molecule has 0 saturated carbocycles. The molecule has 0 bridgehead atoms. The third kappa shape index (κ3) is 3.29. The average molecular weight is 282 g/mol. The highest BCUT2D eigenvalue weighted by Crippen LogP contribution is 2.25. The number of aromatic nitrogens is 1. The molecule has 1 unspecified atom stereocenters. The summed E-state index contributed by atoms with van der Waals surface area (Å²) in [6.07, 6.45) is 1.53. The lowest BCUT2D eigenvalue weighted by Crippen LogP contribution is -2.41. The molecule has 2 aromatic rings. The number of pyridine rings is 1. The lowest BCUT2D eigenvalue weighted by atomic mass is 10.1. The number of para-hydroxylation sites is 1. The Bertz CT molecular complexity index is 703. The number of fused-ring (bicyclic) bond motifs is 1. The van der Waals surface area contributed by atoms with Crippen molar-refractivity contribution in [2.45, 2.75) is 32.9 Å². The van der Waals surface area contributed by atoms with Crippen LogP contribution in [0.2, 0.25) is 0 Å². The Morgan fingerprint density at radius 2 is 2.00 bits per heavy atom. The van der Waals surface area contributed by atoms with E-state index in [9.17, 15) is 10.1 Å². The molecule has 1 aromatic heterocycles. The predicted octanol–water partition coefficient (Wildman–Crippen LogP) is 2.43. The van der Waals surface area contributed by atoms with Gasteiger partial charge in [-0.15, -0.1) is 0 Å². The first-order valence-electron chi connectivity index (χ1n) is 6.87. The zero-order valence-corrected chi connectivity index (χ0v) is 12.3. The van der Waals surface area contributed by atoms with Crippen LogP contribution in [0.25, 0.3) is 10.9 Å². The van der Waals surface area contributed by atoms with Crippen molar-refractivity contribution in [3.8, 4) is 6.07 Å². The number of hydrogen-bond acceptors (Lipinski definition) is 4. The van der Waals surface area contributed by atoms with Gasteiger partial charge in [0.2, 0.25) is 5.91 Å². The predicted molar refractivity (Wildman–Crippen MR) is 82.8 cm³/mol. The number of nitrogens with one attached hydrogen (secondary N) is 2. The van der Waals surface area contributed by atoms with Crippen molar-refractivity contribution in [1.82, 2.24) is 10.3 Å². The molecule has 0 aliphatic carbocycles. The lowest BCUT2D eigenvalue weighted by Gasteiger charge is -2.18. The third-order valence-corrected chi connectivity index (χ3v) is 3.08. The van der Waals surface area contributed by atoms with Gasteiger partial charge in [-0.2, -0.15) is 5.26 Å². The molecule has 0 aliphatic heterocycles. The van der Waals surface area contributed by atoms with E-state index in [1.54, 1.807) is 6.92 Å². The Kier molecular flexibility index (Phi) is 4.39. The van der Waals surface area contributed by atoms with Gasteiger partial charge in [0.25, 0.3) is 0 Å². The van der Waals surface area contributed by atoms with Crippen LogP contribution >= 0.6 is 0 Å². The molecule has 2 N–H and O–H groups in total. The van der Waals surface area contributed by atoms with Crippen LogP contribution < -0.4 is 10.6 Å². The average Bonchev–Trinajstić information content (AvgIpc) is 2.46. The number of amides is 1. The number of benzene rings is 1. The van der Waals surface area contributed by atoms with Gasteiger partial charge in [0.05, 0.1) is 16.8 Å². The summed E-state index contributed by atoms with van der Waals surface area (Å²) < 4.78 is 0. The van der Waals surface area contributed by atoms with E-state index in [1.165, 1.54) is 6.20 Å². The van der Waals surface area contributed by atoms with Crippen molar-refractivity contribution in [3.05, 3.63) is 36.0 Å². The standard InChI is InChI=1S/C16H18N4O/c1-10(2)19-16(21)11(3)20-15-12(8-17)9-18-14-7-5-4-6-13(14)15/h4-7,9-11H,1-3H3,(H,18,20)(H,19,21). The molecule has 1 atom stereocenters. The number of nitrogens with zero attached hydrogens (tertiary/aromatic N) is 2. The fourth-order valence-electron chi connectivity index (χ4n) is 2.07. The van der Waals surface area contributed by atoms with Crippen molar-refractivity contribution >= 4 is 22.5 Å². The van der Waals surface area contributed by atoms with Gasteiger partial charge >= 0.3 is 0 Å². The second-order valence-corrected chi connectivity index (χ2v) is 5.21. The van der Waals surface area contributed by atoms with Gasteiger partial charge in [-0.1, -0.05) is 18.2 Å². The second-order valence-electron chi connectivity index (χ2n) is 5.21. The van der Waals surface area contributed by atoms with Crippen molar-refractivity contribution in [3.63, 3.8) is 0 Å². The van der Waals surface area contributed by atoms with E-state index in [1.807, 2.05) is 38.1 Å². The second kappa shape index (κ2) is 6.23. The molecule has 1 aromatic carbocycles. The van der Waals surface area contributed by atoms with E-state index < -0.39 is 6.04 Å². The monoisotopic (exact) mass is 282 g/mol. The number of rotatable bonds is 4. The molecular weight excluding hydrogens is 264 g/mol. The van der Waals surface area contributed by atoms with Crippen molar-refractivity contribution < 1.29 is 4.79 Å². The molecule has 1 amide bonds. The van der Waals surface area contributed by atoms with E-state index in [2.05, 4.69) is 21.7 Å². The highest BCUT2D eigenvalue weighted by atomic mass is 16.2. The largest absolute Gasteiger partial charge is 0.372 e. The highest BCUT2D eigenvalue weighted by molar-refractivity contribution is 5.96. The summed E-state index contributed by atoms with van der Waals surface area (Å²) in [6, 6.07) is 9.29. The first-order valence-corrected chi connectivity index (χ1v) is 6.87. The van der Waals surface area contributed by atoms with E-state index in [0.29, 0.717) is 11.3 Å². The fraction of sp³-hybridized carbons (Fsp3) is 0.312. The van der Waals surface area contributed by atoms with E-state index in [-0.39, 0.29) is 11.9 Å². The Hall–Kier alpha value is -2.61. The molecule has 5 nitrogen and oxygen atoms in total. The van der Waals surface area contributed by atoms with Gasteiger partial charge in [0, 0.05) is 17.6 Å². The van der Waals surface area contributed by atoms with E-state index in [0.717, 1.165) is 10.9 Å². The molecule has 108 valence electrons. The maximum Gasteiger partial charge on any atom is 0.242 e. The summed E-state index contributed by atoms with van der Waals surface area (Å²) >= 11 is 0. The fourth-order valence-corrected chi connectivity index (χ4v) is 2.07. The summed E-state index contributed by atoms with van der Waals surface area (Å²) in [4.78, 5) is 16.3. The van der Waals surface area contributed by atoms with Crippen LogP contribution in [0.5, 0.6) is 0 Å². The van der Waals surface area contributed by atoms with E-state index in [4.69, 9.17) is 0 Å². The summed E-state index contributed by atoms with van der Waals surface area (Å²) in [7, 11) is 0. The minimum absolute atomic E-state index is 0.0753. The van der Waals surface area contributed by atoms with Crippen LogP contribution in [0.3, 0.4) is 0 Å². The maximum absolute atomic E-state index is 12.0. The lowest BCUT2D eigenvalue weighted by molar-refractivity contribution is -0.122. The van der Waals surface area contributed by atoms with Crippen molar-refractivity contribution in [2.75, 3.05) is 5.32 Å². The summed E-state index contributed by atoms with van der Waals surface area (Å²) in [5.41, 5.74) is 1.86. The van der Waals surface area contributed by atoms with Crippen molar-refractivity contribution in [2.24, 2.45) is 0 Å². The summed E-state index contributed by atoms with van der Waals surface area (Å²) in [6.45, 7) is 5.59. The van der Waals surface area contributed by atoms with Crippen molar-refractivity contribution in [1.29, 1.82) is 5.26 Å². The first kappa shape index (κ1) is 14.8. The van der Waals surface area contributed by atoms with Gasteiger partial charge in [-0.25, -0.2) is 0 Å². The molecule has 2 rings (SSSR count). The van der Waals surface area contributed by atoms with Crippen LogP contribution in [0.4, 0.5) is 5.69 Å². The molecule has 21 heavy (non-hydrogen) atoms. The quantitative estimate of drug-likeness (QED) is 0.902. The molecule has 5 heteroatoms. The van der Waals surface area contributed by atoms with Gasteiger partial charge in [0.1, 0.15) is 12.1 Å².